The molecule has 3 N–H and O–H groups in total. The third kappa shape index (κ3) is 4.95. The number of rotatable bonds is 6. The molecule has 1 aromatic rings. The molecule has 0 saturated heterocycles. The smallest absolute Gasteiger partial charge is 0.220 e. The molecule has 0 heterocycles. The molecule has 21 heavy (non-hydrogen) atoms. The predicted octanol–water partition coefficient (Wildman–Crippen LogP) is 3.38. The van der Waals surface area contributed by atoms with Gasteiger partial charge < -0.3 is 11.1 Å². The number of carbonyl (C=O) groups excluding carboxylic acids is 1. The van der Waals surface area contributed by atoms with Crippen LogP contribution in [-0.2, 0) is 11.2 Å². The molecule has 0 aromatic heterocycles. The number of anilines is 1. The molecule has 4 heteroatoms. The maximum Gasteiger partial charge on any atom is 0.220 e. The first-order valence-electron chi connectivity index (χ1n) is 7.80. The van der Waals surface area contributed by atoms with Crippen molar-refractivity contribution in [2.45, 2.75) is 49.7 Å². The van der Waals surface area contributed by atoms with E-state index in [4.69, 9.17) is 5.73 Å². The fraction of sp³-hybridized carbons (Fsp3) is 0.588. The van der Waals surface area contributed by atoms with Crippen LogP contribution >= 0.6 is 11.8 Å². The van der Waals surface area contributed by atoms with Crippen molar-refractivity contribution in [1.29, 1.82) is 0 Å². The summed E-state index contributed by atoms with van der Waals surface area (Å²) >= 11 is 1.92. The van der Waals surface area contributed by atoms with Crippen LogP contribution in [0.25, 0.3) is 0 Å². The van der Waals surface area contributed by atoms with E-state index in [-0.39, 0.29) is 10.7 Å². The predicted molar refractivity (Wildman–Crippen MR) is 91.5 cm³/mol. The van der Waals surface area contributed by atoms with Crippen LogP contribution in [0, 0.1) is 0 Å². The fourth-order valence-electron chi connectivity index (χ4n) is 3.00. The van der Waals surface area contributed by atoms with E-state index in [1.54, 1.807) is 0 Å². The normalized spacial score (nSPS) is 17.4. The van der Waals surface area contributed by atoms with Crippen molar-refractivity contribution in [2.75, 3.05) is 18.5 Å². The van der Waals surface area contributed by atoms with Crippen LogP contribution in [0.1, 0.15) is 44.1 Å². The molecule has 1 aromatic carbocycles. The minimum atomic E-state index is 0.149. The lowest BCUT2D eigenvalue weighted by molar-refractivity contribution is -0.121. The quantitative estimate of drug-likeness (QED) is 0.792. The van der Waals surface area contributed by atoms with Crippen LogP contribution in [0.2, 0.25) is 0 Å². The Balaban J connectivity index is 1.76. The Morgan fingerprint density at radius 3 is 2.76 bits per heavy atom. The van der Waals surface area contributed by atoms with Crippen molar-refractivity contribution >= 4 is 23.4 Å². The highest BCUT2D eigenvalue weighted by molar-refractivity contribution is 8.00. The highest BCUT2D eigenvalue weighted by Gasteiger charge is 2.31. The van der Waals surface area contributed by atoms with Crippen LogP contribution in [0.5, 0.6) is 0 Å². The maximum atomic E-state index is 12.1. The van der Waals surface area contributed by atoms with Crippen molar-refractivity contribution in [2.24, 2.45) is 0 Å². The highest BCUT2D eigenvalue weighted by atomic mass is 32.2. The van der Waals surface area contributed by atoms with Gasteiger partial charge in [0.15, 0.2) is 0 Å². The van der Waals surface area contributed by atoms with Gasteiger partial charge in [-0.3, -0.25) is 4.79 Å². The maximum absolute atomic E-state index is 12.1. The molecule has 1 saturated carbocycles. The van der Waals surface area contributed by atoms with Gasteiger partial charge in [0.2, 0.25) is 5.91 Å². The summed E-state index contributed by atoms with van der Waals surface area (Å²) in [6.07, 6.45) is 9.83. The Morgan fingerprint density at radius 1 is 1.33 bits per heavy atom. The first-order valence-corrected chi connectivity index (χ1v) is 9.02. The van der Waals surface area contributed by atoms with E-state index in [0.29, 0.717) is 6.42 Å². The summed E-state index contributed by atoms with van der Waals surface area (Å²) in [5.74, 6) is 0.149. The van der Waals surface area contributed by atoms with E-state index in [1.807, 2.05) is 36.0 Å². The van der Waals surface area contributed by atoms with E-state index < -0.39 is 0 Å². The number of nitrogens with two attached hydrogens (primary N) is 1. The molecule has 2 rings (SSSR count). The minimum absolute atomic E-state index is 0.149. The Kier molecular flexibility index (Phi) is 5.97. The largest absolute Gasteiger partial charge is 0.399 e. The number of hydrogen-bond donors (Lipinski definition) is 2. The monoisotopic (exact) mass is 306 g/mol. The second-order valence-electron chi connectivity index (χ2n) is 5.97. The Morgan fingerprint density at radius 2 is 2.10 bits per heavy atom. The molecule has 0 aliphatic heterocycles. The van der Waals surface area contributed by atoms with Crippen molar-refractivity contribution in [3.8, 4) is 0 Å². The van der Waals surface area contributed by atoms with Crippen molar-refractivity contribution < 1.29 is 4.79 Å². The van der Waals surface area contributed by atoms with Gasteiger partial charge in [0, 0.05) is 23.4 Å². The van der Waals surface area contributed by atoms with Gasteiger partial charge in [-0.15, -0.1) is 0 Å². The summed E-state index contributed by atoms with van der Waals surface area (Å²) in [6, 6.07) is 7.77. The van der Waals surface area contributed by atoms with Gasteiger partial charge in [0.05, 0.1) is 0 Å². The summed E-state index contributed by atoms with van der Waals surface area (Å²) in [7, 11) is 0. The number of hydrogen-bond acceptors (Lipinski definition) is 3. The van der Waals surface area contributed by atoms with Gasteiger partial charge in [-0.1, -0.05) is 31.4 Å². The number of aryl methyl sites for hydroxylation is 1. The van der Waals surface area contributed by atoms with Gasteiger partial charge >= 0.3 is 0 Å². The van der Waals surface area contributed by atoms with Crippen LogP contribution < -0.4 is 11.1 Å². The molecule has 116 valence electrons. The number of amides is 1. The van der Waals surface area contributed by atoms with Gasteiger partial charge in [-0.2, -0.15) is 11.8 Å². The topological polar surface area (TPSA) is 55.1 Å². The third-order valence-electron chi connectivity index (χ3n) is 4.40. The van der Waals surface area contributed by atoms with Gasteiger partial charge in [0.1, 0.15) is 0 Å². The summed E-state index contributed by atoms with van der Waals surface area (Å²) in [6.45, 7) is 0.809. The second-order valence-corrected chi connectivity index (χ2v) is 7.24. The highest BCUT2D eigenvalue weighted by Crippen LogP contribution is 2.37. The summed E-state index contributed by atoms with van der Waals surface area (Å²) < 4.78 is 0.269. The van der Waals surface area contributed by atoms with E-state index in [1.165, 1.54) is 32.1 Å². The van der Waals surface area contributed by atoms with Crippen LogP contribution in [-0.4, -0.2) is 23.5 Å². The fourth-order valence-corrected chi connectivity index (χ4v) is 3.92. The summed E-state index contributed by atoms with van der Waals surface area (Å²) in [4.78, 5) is 12.1. The Hall–Kier alpha value is -1.16. The molecule has 0 atom stereocenters. The first kappa shape index (κ1) is 16.2. The number of nitrogens with one attached hydrogen (secondary N) is 1. The Bertz CT molecular complexity index is 470. The lowest BCUT2D eigenvalue weighted by atomic mass is 9.88. The molecule has 1 fully saturated rings. The van der Waals surface area contributed by atoms with Crippen LogP contribution in [0.15, 0.2) is 24.3 Å². The van der Waals surface area contributed by atoms with E-state index in [2.05, 4.69) is 11.6 Å². The molecule has 0 radical (unpaired) electrons. The van der Waals surface area contributed by atoms with Gasteiger partial charge in [-0.25, -0.2) is 0 Å². The molecular formula is C17H26N2OS. The number of thioether (sulfide) groups is 1. The SMILES string of the molecule is CSC1(CNC(=O)CCc2cccc(N)c2)CCCCC1. The Labute approximate surface area is 132 Å². The molecular weight excluding hydrogens is 280 g/mol. The zero-order valence-electron chi connectivity index (χ0n) is 12.9. The van der Waals surface area contributed by atoms with Crippen molar-refractivity contribution in [3.63, 3.8) is 0 Å². The average Bonchev–Trinajstić information content (AvgIpc) is 2.52. The second kappa shape index (κ2) is 7.74. The molecule has 0 unspecified atom stereocenters. The minimum Gasteiger partial charge on any atom is -0.399 e. The van der Waals surface area contributed by atoms with Crippen LogP contribution in [0.3, 0.4) is 0 Å². The van der Waals surface area contributed by atoms with E-state index >= 15 is 0 Å². The molecule has 3 nitrogen and oxygen atoms in total. The lowest BCUT2D eigenvalue weighted by Gasteiger charge is -2.35. The number of carbonyl (C=O) groups is 1. The molecule has 1 aliphatic carbocycles. The number of nitrogen functional groups attached to an aromatic ring is 1. The molecule has 1 aliphatic rings. The molecule has 1 amide bonds. The third-order valence-corrected chi connectivity index (χ3v) is 5.82. The zero-order valence-corrected chi connectivity index (χ0v) is 13.7. The molecule has 0 spiro atoms. The standard InChI is InChI=1S/C17H26N2OS/c1-21-17(10-3-2-4-11-17)13-19-16(20)9-8-14-6-5-7-15(18)12-14/h5-7,12H,2-4,8-11,13,18H2,1H3,(H,19,20). The molecule has 0 bridgehead atoms. The summed E-state index contributed by atoms with van der Waals surface area (Å²) in [5, 5.41) is 3.14. The van der Waals surface area contributed by atoms with Crippen molar-refractivity contribution in [1.82, 2.24) is 5.32 Å². The van der Waals surface area contributed by atoms with Gasteiger partial charge in [-0.05, 0) is 43.2 Å². The average molecular weight is 306 g/mol. The van der Waals surface area contributed by atoms with Crippen molar-refractivity contribution in [3.05, 3.63) is 29.8 Å². The van der Waals surface area contributed by atoms with Crippen LogP contribution in [0.4, 0.5) is 5.69 Å². The lowest BCUT2D eigenvalue weighted by Crippen LogP contribution is -2.41. The van der Waals surface area contributed by atoms with E-state index in [9.17, 15) is 4.79 Å². The number of benzene rings is 1. The summed E-state index contributed by atoms with van der Waals surface area (Å²) in [5.41, 5.74) is 7.64. The zero-order chi connectivity index (χ0) is 15.1. The van der Waals surface area contributed by atoms with E-state index in [0.717, 1.165) is 24.2 Å². The first-order chi connectivity index (χ1) is 10.1. The van der Waals surface area contributed by atoms with Gasteiger partial charge in [0.25, 0.3) is 0 Å².